The highest BCUT2D eigenvalue weighted by Crippen LogP contribution is 2.30. The van der Waals surface area contributed by atoms with Crippen molar-refractivity contribution >= 4 is 72.2 Å². The Kier molecular flexibility index (Phi) is 2.67. The van der Waals surface area contributed by atoms with Gasteiger partial charge in [-0.15, -0.1) is 0 Å². The van der Waals surface area contributed by atoms with E-state index in [1.54, 1.807) is 12.1 Å². The molecule has 0 bridgehead atoms. The van der Waals surface area contributed by atoms with E-state index in [9.17, 15) is 0 Å². The van der Waals surface area contributed by atoms with Crippen LogP contribution in [0.1, 0.15) is 0 Å². The molecule has 4 aromatic rings. The van der Waals surface area contributed by atoms with Crippen molar-refractivity contribution < 1.29 is 0 Å². The summed E-state index contributed by atoms with van der Waals surface area (Å²) in [6, 6.07) is 9.42. The normalized spacial score (nSPS) is 11.8. The Morgan fingerprint density at radius 3 is 2.70 bits per heavy atom. The van der Waals surface area contributed by atoms with Crippen LogP contribution in [-0.4, -0.2) is 15.0 Å². The van der Waals surface area contributed by atoms with Gasteiger partial charge >= 0.3 is 0 Å². The number of H-pyrrole nitrogens is 1. The van der Waals surface area contributed by atoms with Crippen LogP contribution in [0.5, 0.6) is 0 Å². The average Bonchev–Trinajstić information content (AvgIpc) is 2.74. The molecule has 3 nitrogen and oxygen atoms in total. The SMILES string of the molecule is Clc1cc(Cl)c2nc3[nH]c4ccc(Br)cc4c3nc2c1. The first kappa shape index (κ1) is 12.4. The molecule has 0 aliphatic rings. The Morgan fingerprint density at radius 2 is 1.85 bits per heavy atom. The highest BCUT2D eigenvalue weighted by Gasteiger charge is 2.11. The molecule has 0 fully saturated rings. The van der Waals surface area contributed by atoms with E-state index in [1.165, 1.54) is 0 Å². The molecule has 98 valence electrons. The highest BCUT2D eigenvalue weighted by atomic mass is 79.9. The molecular formula is C14H6BrCl2N3. The molecule has 6 heteroatoms. The molecule has 0 spiro atoms. The fraction of sp³-hybridized carbons (Fsp3) is 0. The van der Waals surface area contributed by atoms with E-state index in [0.717, 1.165) is 26.5 Å². The van der Waals surface area contributed by atoms with Crippen molar-refractivity contribution in [3.05, 3.63) is 44.8 Å². The van der Waals surface area contributed by atoms with Gasteiger partial charge in [0.05, 0.1) is 10.5 Å². The van der Waals surface area contributed by atoms with E-state index in [2.05, 4.69) is 30.9 Å². The molecule has 2 aromatic heterocycles. The summed E-state index contributed by atoms with van der Waals surface area (Å²) in [5, 5.41) is 2.07. The number of nitrogens with zero attached hydrogens (tertiary/aromatic N) is 2. The summed E-state index contributed by atoms with van der Waals surface area (Å²) in [6.45, 7) is 0. The van der Waals surface area contributed by atoms with Gasteiger partial charge in [0.2, 0.25) is 0 Å². The summed E-state index contributed by atoms with van der Waals surface area (Å²) in [6.07, 6.45) is 0. The van der Waals surface area contributed by atoms with E-state index < -0.39 is 0 Å². The van der Waals surface area contributed by atoms with Gasteiger partial charge in [-0.2, -0.15) is 0 Å². The molecule has 0 atom stereocenters. The molecule has 20 heavy (non-hydrogen) atoms. The molecule has 4 rings (SSSR count). The lowest BCUT2D eigenvalue weighted by Gasteiger charge is -2.00. The van der Waals surface area contributed by atoms with Gasteiger partial charge in [-0.3, -0.25) is 0 Å². The first-order chi connectivity index (χ1) is 9.61. The number of aromatic amines is 1. The van der Waals surface area contributed by atoms with Gasteiger partial charge in [-0.1, -0.05) is 39.1 Å². The van der Waals surface area contributed by atoms with Crippen molar-refractivity contribution in [1.29, 1.82) is 0 Å². The number of rotatable bonds is 0. The minimum atomic E-state index is 0.502. The second-order valence-corrected chi connectivity index (χ2v) is 6.25. The van der Waals surface area contributed by atoms with Gasteiger partial charge in [0.15, 0.2) is 5.65 Å². The molecular weight excluding hydrogens is 361 g/mol. The van der Waals surface area contributed by atoms with Crippen molar-refractivity contribution in [3.8, 4) is 0 Å². The lowest BCUT2D eigenvalue weighted by Crippen LogP contribution is -1.87. The average molecular weight is 367 g/mol. The molecule has 0 saturated carbocycles. The van der Waals surface area contributed by atoms with Crippen LogP contribution in [0.3, 0.4) is 0 Å². The predicted molar refractivity (Wildman–Crippen MR) is 86.6 cm³/mol. The molecule has 0 radical (unpaired) electrons. The van der Waals surface area contributed by atoms with Crippen LogP contribution in [0, 0.1) is 0 Å². The number of hydrogen-bond acceptors (Lipinski definition) is 2. The standard InChI is InChI=1S/C14H6BrCl2N3/c15-6-1-2-10-8(3-6)12-14(19-10)20-13-9(17)4-7(16)5-11(13)18-12/h1-5H,(H,19,20). The summed E-state index contributed by atoms with van der Waals surface area (Å²) in [7, 11) is 0. The van der Waals surface area contributed by atoms with Crippen LogP contribution in [0.4, 0.5) is 0 Å². The van der Waals surface area contributed by atoms with E-state index in [4.69, 9.17) is 23.2 Å². The lowest BCUT2D eigenvalue weighted by atomic mass is 10.2. The summed E-state index contributed by atoms with van der Waals surface area (Å²) in [4.78, 5) is 12.5. The zero-order valence-electron chi connectivity index (χ0n) is 9.92. The van der Waals surface area contributed by atoms with Crippen molar-refractivity contribution in [2.75, 3.05) is 0 Å². The fourth-order valence-corrected chi connectivity index (χ4v) is 3.20. The zero-order chi connectivity index (χ0) is 13.9. The first-order valence-electron chi connectivity index (χ1n) is 5.85. The van der Waals surface area contributed by atoms with Crippen LogP contribution in [0.2, 0.25) is 10.0 Å². The number of hydrogen-bond donors (Lipinski definition) is 1. The second kappa shape index (κ2) is 4.32. The number of benzene rings is 2. The maximum atomic E-state index is 6.18. The van der Waals surface area contributed by atoms with Gasteiger partial charge in [0, 0.05) is 20.4 Å². The molecule has 2 aromatic carbocycles. The van der Waals surface area contributed by atoms with Gasteiger partial charge < -0.3 is 4.98 Å². The zero-order valence-corrected chi connectivity index (χ0v) is 13.0. The van der Waals surface area contributed by atoms with E-state index in [0.29, 0.717) is 21.1 Å². The van der Waals surface area contributed by atoms with Crippen LogP contribution in [0.25, 0.3) is 33.1 Å². The molecule has 1 N–H and O–H groups in total. The Hall–Kier alpha value is -1.36. The molecule has 0 aliphatic heterocycles. The van der Waals surface area contributed by atoms with Gasteiger partial charge in [-0.05, 0) is 30.3 Å². The summed E-state index contributed by atoms with van der Waals surface area (Å²) >= 11 is 15.7. The number of halogens is 3. The summed E-state index contributed by atoms with van der Waals surface area (Å²) in [5.41, 5.74) is 3.85. The van der Waals surface area contributed by atoms with Gasteiger partial charge in [-0.25, -0.2) is 9.97 Å². The molecule has 0 amide bonds. The quantitative estimate of drug-likeness (QED) is 0.456. The van der Waals surface area contributed by atoms with Crippen molar-refractivity contribution in [2.24, 2.45) is 0 Å². The third-order valence-corrected chi connectivity index (χ3v) is 4.18. The van der Waals surface area contributed by atoms with Crippen molar-refractivity contribution in [1.82, 2.24) is 15.0 Å². The largest absolute Gasteiger partial charge is 0.338 e. The fourth-order valence-electron chi connectivity index (χ4n) is 2.31. The molecule has 0 aliphatic carbocycles. The Balaban J connectivity index is 2.22. The predicted octanol–water partition coefficient (Wildman–Crippen LogP) is 5.33. The van der Waals surface area contributed by atoms with Crippen LogP contribution in [0.15, 0.2) is 34.8 Å². The van der Waals surface area contributed by atoms with E-state index >= 15 is 0 Å². The smallest absolute Gasteiger partial charge is 0.157 e. The van der Waals surface area contributed by atoms with E-state index in [-0.39, 0.29) is 0 Å². The highest BCUT2D eigenvalue weighted by molar-refractivity contribution is 9.10. The van der Waals surface area contributed by atoms with Crippen LogP contribution >= 0.6 is 39.1 Å². The molecule has 2 heterocycles. The minimum Gasteiger partial charge on any atom is -0.338 e. The molecule has 0 unspecified atom stereocenters. The van der Waals surface area contributed by atoms with E-state index in [1.807, 2.05) is 18.2 Å². The van der Waals surface area contributed by atoms with Crippen LogP contribution < -0.4 is 0 Å². The maximum absolute atomic E-state index is 6.18. The Morgan fingerprint density at radius 1 is 1.00 bits per heavy atom. The number of aromatic nitrogens is 3. The summed E-state index contributed by atoms with van der Waals surface area (Å²) in [5.74, 6) is 0. The maximum Gasteiger partial charge on any atom is 0.157 e. The summed E-state index contributed by atoms with van der Waals surface area (Å²) < 4.78 is 0.997. The minimum absolute atomic E-state index is 0.502. The van der Waals surface area contributed by atoms with Crippen molar-refractivity contribution in [2.45, 2.75) is 0 Å². The van der Waals surface area contributed by atoms with Gasteiger partial charge in [0.1, 0.15) is 11.0 Å². The Labute approximate surface area is 132 Å². The third kappa shape index (κ3) is 1.79. The van der Waals surface area contributed by atoms with Crippen molar-refractivity contribution in [3.63, 3.8) is 0 Å². The Bertz CT molecular complexity index is 994. The first-order valence-corrected chi connectivity index (χ1v) is 7.40. The third-order valence-electron chi connectivity index (χ3n) is 3.18. The monoisotopic (exact) mass is 365 g/mol. The number of nitrogens with one attached hydrogen (secondary N) is 1. The lowest BCUT2D eigenvalue weighted by molar-refractivity contribution is 1.36. The van der Waals surface area contributed by atoms with Gasteiger partial charge in [0.25, 0.3) is 0 Å². The second-order valence-electron chi connectivity index (χ2n) is 4.49. The molecule has 0 saturated heterocycles. The number of fused-ring (bicyclic) bond motifs is 4. The van der Waals surface area contributed by atoms with Crippen LogP contribution in [-0.2, 0) is 0 Å². The topological polar surface area (TPSA) is 41.6 Å².